The highest BCUT2D eigenvalue weighted by molar-refractivity contribution is 5.73. The first-order valence-corrected chi connectivity index (χ1v) is 5.34. The van der Waals surface area contributed by atoms with Crippen LogP contribution < -0.4 is 4.74 Å². The van der Waals surface area contributed by atoms with Crippen molar-refractivity contribution < 1.29 is 41.1 Å². The zero-order valence-electron chi connectivity index (χ0n) is 10.7. The van der Waals surface area contributed by atoms with E-state index in [4.69, 9.17) is 0 Å². The smallest absolute Gasteiger partial charge is 0.469 e. The van der Waals surface area contributed by atoms with Crippen LogP contribution >= 0.6 is 0 Å². The molecule has 1 aromatic heterocycles. The predicted molar refractivity (Wildman–Crippen MR) is 58.3 cm³/mol. The molecule has 1 aromatic rings. The topological polar surface area (TPSA) is 91.6 Å². The van der Waals surface area contributed by atoms with E-state index in [1.165, 1.54) is 0 Å². The van der Waals surface area contributed by atoms with Crippen molar-refractivity contribution in [3.63, 3.8) is 0 Å². The third-order valence-corrected chi connectivity index (χ3v) is 2.25. The number of carbonyl (C=O) groups excluding carboxylic acids is 1. The maximum Gasteiger partial charge on any atom is 0.573 e. The first-order valence-electron chi connectivity index (χ1n) is 5.34. The SMILES string of the molecule is COC(=O)Cc1cc(OC(F)(F)F)c([N+](=O)[O-])nc1C(F)F. The molecule has 0 aromatic carbocycles. The molecule has 0 atom stereocenters. The summed E-state index contributed by atoms with van der Waals surface area (Å²) in [6, 6.07) is 0.317. The van der Waals surface area contributed by atoms with E-state index in [1.54, 1.807) is 0 Å². The van der Waals surface area contributed by atoms with Crippen LogP contribution in [0.3, 0.4) is 0 Å². The molecule has 0 amide bonds. The lowest BCUT2D eigenvalue weighted by atomic mass is 10.1. The monoisotopic (exact) mass is 330 g/mol. The van der Waals surface area contributed by atoms with Gasteiger partial charge < -0.3 is 19.6 Å². The van der Waals surface area contributed by atoms with Gasteiger partial charge in [0.1, 0.15) is 0 Å². The minimum absolute atomic E-state index is 0.317. The van der Waals surface area contributed by atoms with Crippen molar-refractivity contribution in [1.29, 1.82) is 0 Å². The average Bonchev–Trinajstić information content (AvgIpc) is 2.35. The number of nitrogens with zero attached hydrogens (tertiary/aromatic N) is 2. The predicted octanol–water partition coefficient (Wildman–Crippen LogP) is 2.54. The second kappa shape index (κ2) is 6.49. The standard InChI is InChI=1S/C10H7F5N2O5/c1-21-6(18)3-4-2-5(22-10(13,14)15)9(17(19)20)16-7(4)8(11)12/h2,8H,3H2,1H3. The third-order valence-electron chi connectivity index (χ3n) is 2.25. The van der Waals surface area contributed by atoms with Crippen LogP contribution in [0.1, 0.15) is 17.7 Å². The Labute approximate surface area is 118 Å². The molecule has 0 radical (unpaired) electrons. The molecule has 7 nitrogen and oxygen atoms in total. The number of ether oxygens (including phenoxy) is 2. The van der Waals surface area contributed by atoms with Crippen LogP contribution in [0.2, 0.25) is 0 Å². The molecule has 122 valence electrons. The Balaban J connectivity index is 3.44. The Morgan fingerprint density at radius 3 is 2.45 bits per heavy atom. The summed E-state index contributed by atoms with van der Waals surface area (Å²) in [5, 5.41) is 10.6. The molecule has 0 spiro atoms. The number of nitro groups is 1. The molecule has 22 heavy (non-hydrogen) atoms. The van der Waals surface area contributed by atoms with Gasteiger partial charge in [-0.1, -0.05) is 0 Å². The van der Waals surface area contributed by atoms with Crippen molar-refractivity contribution in [3.05, 3.63) is 27.4 Å². The molecule has 0 N–H and O–H groups in total. The number of carbonyl (C=O) groups is 1. The Morgan fingerprint density at radius 1 is 1.45 bits per heavy atom. The summed E-state index contributed by atoms with van der Waals surface area (Å²) in [5.74, 6) is -3.99. The van der Waals surface area contributed by atoms with Gasteiger partial charge in [0.15, 0.2) is 0 Å². The molecule has 1 heterocycles. The van der Waals surface area contributed by atoms with Gasteiger partial charge in [-0.15, -0.1) is 13.2 Å². The van der Waals surface area contributed by atoms with E-state index >= 15 is 0 Å². The van der Waals surface area contributed by atoms with E-state index in [2.05, 4.69) is 14.5 Å². The summed E-state index contributed by atoms with van der Waals surface area (Å²) >= 11 is 0. The maximum atomic E-state index is 12.8. The van der Waals surface area contributed by atoms with Crippen LogP contribution in [0.15, 0.2) is 6.07 Å². The zero-order valence-corrected chi connectivity index (χ0v) is 10.7. The van der Waals surface area contributed by atoms with Gasteiger partial charge in [-0.05, 0) is 16.0 Å². The fraction of sp³-hybridized carbons (Fsp3) is 0.400. The van der Waals surface area contributed by atoms with E-state index in [0.717, 1.165) is 7.11 Å². The molecule has 0 aliphatic rings. The van der Waals surface area contributed by atoms with Gasteiger partial charge >= 0.3 is 24.6 Å². The molecular weight excluding hydrogens is 323 g/mol. The lowest BCUT2D eigenvalue weighted by Gasteiger charge is -2.11. The van der Waals surface area contributed by atoms with E-state index in [9.17, 15) is 36.9 Å². The van der Waals surface area contributed by atoms with Gasteiger partial charge in [0.25, 0.3) is 0 Å². The molecule has 0 bridgehead atoms. The summed E-state index contributed by atoms with van der Waals surface area (Å²) in [6.45, 7) is 0. The van der Waals surface area contributed by atoms with Crippen molar-refractivity contribution in [1.82, 2.24) is 4.98 Å². The van der Waals surface area contributed by atoms with Crippen molar-refractivity contribution in [3.8, 4) is 5.75 Å². The molecule has 0 aliphatic heterocycles. The van der Waals surface area contributed by atoms with E-state index < -0.39 is 52.9 Å². The average molecular weight is 330 g/mol. The molecule has 0 saturated carbocycles. The molecule has 12 heteroatoms. The van der Waals surface area contributed by atoms with Gasteiger partial charge in [0, 0.05) is 5.56 Å². The normalized spacial score (nSPS) is 11.4. The van der Waals surface area contributed by atoms with Crippen molar-refractivity contribution in [2.45, 2.75) is 19.2 Å². The van der Waals surface area contributed by atoms with Gasteiger partial charge in [0.2, 0.25) is 11.4 Å². The van der Waals surface area contributed by atoms with Crippen LogP contribution in [0.4, 0.5) is 27.8 Å². The number of alkyl halides is 5. The third kappa shape index (κ3) is 4.49. The molecule has 0 fully saturated rings. The first-order chi connectivity index (χ1) is 10.0. The number of esters is 1. The number of methoxy groups -OCH3 is 1. The largest absolute Gasteiger partial charge is 0.573 e. The Bertz CT molecular complexity index is 590. The quantitative estimate of drug-likeness (QED) is 0.357. The van der Waals surface area contributed by atoms with Crippen LogP contribution in [0.5, 0.6) is 5.75 Å². The van der Waals surface area contributed by atoms with E-state index in [1.807, 2.05) is 0 Å². The van der Waals surface area contributed by atoms with Gasteiger partial charge in [-0.25, -0.2) is 8.78 Å². The van der Waals surface area contributed by atoms with Crippen molar-refractivity contribution in [2.24, 2.45) is 0 Å². The number of hydrogen-bond donors (Lipinski definition) is 0. The lowest BCUT2D eigenvalue weighted by molar-refractivity contribution is -0.393. The molecule has 1 rings (SSSR count). The number of hydrogen-bond acceptors (Lipinski definition) is 6. The van der Waals surface area contributed by atoms with Crippen molar-refractivity contribution >= 4 is 11.8 Å². The van der Waals surface area contributed by atoms with Gasteiger partial charge in [-0.3, -0.25) is 4.79 Å². The molecule has 0 aliphatic carbocycles. The number of rotatable bonds is 5. The molecule has 0 unspecified atom stereocenters. The summed E-state index contributed by atoms with van der Waals surface area (Å²) in [6.07, 6.45) is -9.50. The first kappa shape index (κ1) is 17.5. The maximum absolute atomic E-state index is 12.8. The van der Waals surface area contributed by atoms with Crippen LogP contribution in [0, 0.1) is 10.1 Å². The van der Waals surface area contributed by atoms with Crippen LogP contribution in [-0.4, -0.2) is 29.3 Å². The molecular formula is C10H7F5N2O5. The number of aromatic nitrogens is 1. The Hall–Kier alpha value is -2.53. The Kier molecular flexibility index (Phi) is 5.17. The minimum Gasteiger partial charge on any atom is -0.469 e. The fourth-order valence-electron chi connectivity index (χ4n) is 1.43. The minimum atomic E-state index is -5.30. The summed E-state index contributed by atoms with van der Waals surface area (Å²) in [5.41, 5.74) is -1.88. The van der Waals surface area contributed by atoms with Crippen molar-refractivity contribution in [2.75, 3.05) is 7.11 Å². The summed E-state index contributed by atoms with van der Waals surface area (Å²) in [7, 11) is 0.927. The highest BCUT2D eigenvalue weighted by atomic mass is 19.4. The van der Waals surface area contributed by atoms with E-state index in [-0.39, 0.29) is 0 Å². The highest BCUT2D eigenvalue weighted by Gasteiger charge is 2.37. The van der Waals surface area contributed by atoms with Gasteiger partial charge in [0.05, 0.1) is 13.5 Å². The number of pyridine rings is 1. The molecule has 0 saturated heterocycles. The number of halogens is 5. The summed E-state index contributed by atoms with van der Waals surface area (Å²) < 4.78 is 69.7. The second-order valence-corrected chi connectivity index (χ2v) is 3.71. The zero-order chi connectivity index (χ0) is 17.1. The van der Waals surface area contributed by atoms with Crippen LogP contribution in [-0.2, 0) is 16.0 Å². The van der Waals surface area contributed by atoms with Gasteiger partial charge in [-0.2, -0.15) is 0 Å². The summed E-state index contributed by atoms with van der Waals surface area (Å²) in [4.78, 5) is 23.2. The highest BCUT2D eigenvalue weighted by Crippen LogP contribution is 2.35. The van der Waals surface area contributed by atoms with E-state index in [0.29, 0.717) is 6.07 Å². The fourth-order valence-corrected chi connectivity index (χ4v) is 1.43. The second-order valence-electron chi connectivity index (χ2n) is 3.71. The Morgan fingerprint density at radius 2 is 2.05 bits per heavy atom. The lowest BCUT2D eigenvalue weighted by Crippen LogP contribution is -2.19. The van der Waals surface area contributed by atoms with Crippen LogP contribution in [0.25, 0.3) is 0 Å².